The Morgan fingerprint density at radius 3 is 2.44 bits per heavy atom. The molecule has 4 N–H and O–H groups in total. The summed E-state index contributed by atoms with van der Waals surface area (Å²) in [6.07, 6.45) is 0. The Morgan fingerprint density at radius 1 is 1.19 bits per heavy atom. The quantitative estimate of drug-likeness (QED) is 0.691. The fourth-order valence-corrected chi connectivity index (χ4v) is 1.73. The van der Waals surface area contributed by atoms with Gasteiger partial charge in [0.05, 0.1) is 15.7 Å². The maximum absolute atomic E-state index is 6.00. The number of hydrogen-bond donors (Lipinski definition) is 3. The average Bonchev–Trinajstić information content (AvgIpc) is 2.71. The first-order chi connectivity index (χ1) is 7.18. The van der Waals surface area contributed by atoms with Crippen LogP contribution in [0.5, 0.6) is 0 Å². The summed E-state index contributed by atoms with van der Waals surface area (Å²) in [6.45, 7) is 1.69. The molecule has 1 aliphatic heterocycles. The molecule has 0 radical (unpaired) electrons. The molecule has 2 rings (SSSR count). The largest absolute Gasteiger partial charge is 0.397 e. The number of rotatable bonds is 1. The number of nitrogens with zero attached hydrogens (tertiary/aromatic N) is 1. The molecule has 0 amide bonds. The number of guanidine groups is 1. The smallest absolute Gasteiger partial charge is 0.196 e. The molecule has 0 bridgehead atoms. The van der Waals surface area contributed by atoms with E-state index >= 15 is 0 Å². The van der Waals surface area contributed by atoms with Crippen LogP contribution in [-0.2, 0) is 0 Å². The first kappa shape index (κ1) is 13.2. The molecule has 0 saturated carbocycles. The molecule has 1 heterocycles. The lowest BCUT2D eigenvalue weighted by atomic mass is 10.3. The van der Waals surface area contributed by atoms with E-state index in [1.165, 1.54) is 0 Å². The summed E-state index contributed by atoms with van der Waals surface area (Å²) in [5.74, 6) is 0.671. The first-order valence-electron chi connectivity index (χ1n) is 4.48. The van der Waals surface area contributed by atoms with E-state index in [0.29, 0.717) is 27.4 Å². The lowest BCUT2D eigenvalue weighted by Gasteiger charge is -2.05. The van der Waals surface area contributed by atoms with Crippen molar-refractivity contribution in [2.24, 2.45) is 4.99 Å². The molecule has 16 heavy (non-hydrogen) atoms. The maximum Gasteiger partial charge on any atom is 0.196 e. The van der Waals surface area contributed by atoms with Gasteiger partial charge >= 0.3 is 0 Å². The molecule has 0 aliphatic carbocycles. The summed E-state index contributed by atoms with van der Waals surface area (Å²) >= 11 is 12.0. The first-order valence-corrected chi connectivity index (χ1v) is 5.24. The minimum atomic E-state index is 0. The summed E-state index contributed by atoms with van der Waals surface area (Å²) in [6, 6.07) is 3.33. The Morgan fingerprint density at radius 2 is 1.81 bits per heavy atom. The Balaban J connectivity index is 0.00000128. The zero-order chi connectivity index (χ0) is 10.8. The van der Waals surface area contributed by atoms with Crippen molar-refractivity contribution in [3.8, 4) is 0 Å². The van der Waals surface area contributed by atoms with Crippen LogP contribution in [0.15, 0.2) is 17.1 Å². The molecule has 0 atom stereocenters. The fourth-order valence-electron chi connectivity index (χ4n) is 1.27. The second-order valence-corrected chi connectivity index (χ2v) is 3.90. The lowest BCUT2D eigenvalue weighted by Crippen LogP contribution is -2.23. The third kappa shape index (κ3) is 2.64. The van der Waals surface area contributed by atoms with Crippen LogP contribution in [0, 0.1) is 0 Å². The fraction of sp³-hybridized carbons (Fsp3) is 0.222. The van der Waals surface area contributed by atoms with E-state index in [4.69, 9.17) is 28.9 Å². The average molecular weight is 282 g/mol. The van der Waals surface area contributed by atoms with Crippen LogP contribution in [0.25, 0.3) is 0 Å². The zero-order valence-corrected chi connectivity index (χ0v) is 10.6. The van der Waals surface area contributed by atoms with E-state index in [2.05, 4.69) is 15.6 Å². The van der Waals surface area contributed by atoms with Crippen LogP contribution in [0.1, 0.15) is 0 Å². The van der Waals surface area contributed by atoms with Crippen LogP contribution >= 0.6 is 35.6 Å². The Labute approximate surface area is 110 Å². The van der Waals surface area contributed by atoms with E-state index in [1.807, 2.05) is 0 Å². The highest BCUT2D eigenvalue weighted by molar-refractivity contribution is 6.40. The number of benzene rings is 1. The van der Waals surface area contributed by atoms with Crippen molar-refractivity contribution in [3.05, 3.63) is 22.2 Å². The zero-order valence-electron chi connectivity index (χ0n) is 8.26. The second-order valence-electron chi connectivity index (χ2n) is 3.11. The number of halogens is 3. The van der Waals surface area contributed by atoms with Crippen LogP contribution in [0.2, 0.25) is 10.0 Å². The third-order valence-electron chi connectivity index (χ3n) is 2.03. The second kappa shape index (κ2) is 5.48. The molecule has 1 saturated heterocycles. The van der Waals surface area contributed by atoms with Crippen molar-refractivity contribution in [1.82, 2.24) is 10.6 Å². The van der Waals surface area contributed by atoms with E-state index in [0.717, 1.165) is 13.1 Å². The minimum absolute atomic E-state index is 0. The van der Waals surface area contributed by atoms with Gasteiger partial charge in [-0.25, -0.2) is 4.99 Å². The predicted octanol–water partition coefficient (Wildman–Crippen LogP) is 2.18. The van der Waals surface area contributed by atoms with E-state index in [1.54, 1.807) is 12.1 Å². The van der Waals surface area contributed by atoms with E-state index < -0.39 is 0 Å². The van der Waals surface area contributed by atoms with Crippen molar-refractivity contribution in [1.29, 1.82) is 0 Å². The molecule has 1 aromatic rings. The molecule has 0 aromatic heterocycles. The Bertz CT molecular complexity index is 411. The molecule has 0 unspecified atom stereocenters. The predicted molar refractivity (Wildman–Crippen MR) is 71.2 cm³/mol. The highest BCUT2D eigenvalue weighted by Gasteiger charge is 2.11. The molecule has 1 aliphatic rings. The van der Waals surface area contributed by atoms with Gasteiger partial charge in [-0.3, -0.25) is 0 Å². The van der Waals surface area contributed by atoms with Gasteiger partial charge in [0.2, 0.25) is 0 Å². The molecule has 4 nitrogen and oxygen atoms in total. The van der Waals surface area contributed by atoms with Gasteiger partial charge in [0.1, 0.15) is 5.69 Å². The Kier molecular flexibility index (Phi) is 4.53. The maximum atomic E-state index is 6.00. The normalized spacial score (nSPS) is 13.8. The van der Waals surface area contributed by atoms with E-state index in [-0.39, 0.29) is 12.4 Å². The molecule has 1 aromatic carbocycles. The number of aliphatic imine (C=N–C) groups is 1. The van der Waals surface area contributed by atoms with Crippen LogP contribution < -0.4 is 16.4 Å². The molecule has 0 spiro atoms. The third-order valence-corrected chi connectivity index (χ3v) is 2.73. The lowest BCUT2D eigenvalue weighted by molar-refractivity contribution is 0.942. The van der Waals surface area contributed by atoms with E-state index in [9.17, 15) is 0 Å². The van der Waals surface area contributed by atoms with Crippen LogP contribution in [-0.4, -0.2) is 19.0 Å². The van der Waals surface area contributed by atoms with Crippen molar-refractivity contribution in [3.63, 3.8) is 0 Å². The molecular formula is C9H11Cl3N4. The van der Waals surface area contributed by atoms with Gasteiger partial charge < -0.3 is 16.4 Å². The highest BCUT2D eigenvalue weighted by atomic mass is 35.5. The Hall–Kier alpha value is -0.840. The number of hydrogen-bond acceptors (Lipinski definition) is 2. The summed E-state index contributed by atoms with van der Waals surface area (Å²) in [7, 11) is 0. The summed E-state index contributed by atoms with van der Waals surface area (Å²) in [4.78, 5) is 4.27. The molecule has 1 fully saturated rings. The van der Waals surface area contributed by atoms with Gasteiger partial charge in [0.25, 0.3) is 0 Å². The number of nitrogens with one attached hydrogen (secondary N) is 2. The van der Waals surface area contributed by atoms with Gasteiger partial charge in [0, 0.05) is 13.1 Å². The monoisotopic (exact) mass is 280 g/mol. The molecule has 88 valence electrons. The van der Waals surface area contributed by atoms with Gasteiger partial charge in [-0.1, -0.05) is 23.2 Å². The summed E-state index contributed by atoms with van der Waals surface area (Å²) < 4.78 is 0. The minimum Gasteiger partial charge on any atom is -0.397 e. The summed E-state index contributed by atoms with van der Waals surface area (Å²) in [5.41, 5.74) is 6.63. The van der Waals surface area contributed by atoms with Crippen molar-refractivity contribution >= 4 is 52.9 Å². The standard InChI is InChI=1S/C9H10Cl2N4.ClH/c10-5-1-2-6(12)7(11)8(5)15-9-13-3-4-14-9;/h1-2H,3-4,12H2,(H2,13,14,15);1H. The topological polar surface area (TPSA) is 62.4 Å². The van der Waals surface area contributed by atoms with Gasteiger partial charge in [-0.15, -0.1) is 12.4 Å². The molecular weight excluding hydrogens is 270 g/mol. The number of nitrogens with two attached hydrogens (primary N) is 1. The molecule has 7 heteroatoms. The summed E-state index contributed by atoms with van der Waals surface area (Å²) in [5, 5.41) is 6.98. The van der Waals surface area contributed by atoms with Crippen molar-refractivity contribution in [2.75, 3.05) is 18.8 Å². The van der Waals surface area contributed by atoms with Gasteiger partial charge in [0.15, 0.2) is 5.96 Å². The highest BCUT2D eigenvalue weighted by Crippen LogP contribution is 2.37. The van der Waals surface area contributed by atoms with Gasteiger partial charge in [-0.2, -0.15) is 0 Å². The van der Waals surface area contributed by atoms with Crippen LogP contribution in [0.4, 0.5) is 11.4 Å². The number of anilines is 1. The van der Waals surface area contributed by atoms with Crippen LogP contribution in [0.3, 0.4) is 0 Å². The SMILES string of the molecule is Cl.Nc1ccc(Cl)c(N=C2NCCN2)c1Cl. The van der Waals surface area contributed by atoms with Crippen molar-refractivity contribution < 1.29 is 0 Å². The van der Waals surface area contributed by atoms with Gasteiger partial charge in [-0.05, 0) is 12.1 Å². The van der Waals surface area contributed by atoms with Crippen molar-refractivity contribution in [2.45, 2.75) is 0 Å². The number of nitrogen functional groups attached to an aromatic ring is 1.